The Hall–Kier alpha value is -1.55. The first kappa shape index (κ1) is 19.2. The van der Waals surface area contributed by atoms with Crippen molar-refractivity contribution in [3.05, 3.63) is 29.8 Å². The minimum absolute atomic E-state index is 0.0604. The fraction of sp³-hybridized carbons (Fsp3) is 0.619. The van der Waals surface area contributed by atoms with Crippen LogP contribution in [-0.2, 0) is 14.3 Å². The largest absolute Gasteiger partial charge is 0.497 e. The number of methoxy groups -OCH3 is 1. The van der Waals surface area contributed by atoms with Gasteiger partial charge in [0.05, 0.1) is 7.11 Å². The quantitative estimate of drug-likeness (QED) is 0.550. The number of ether oxygens (including phenoxy) is 2. The average Bonchev–Trinajstić information content (AvgIpc) is 2.91. The molecular weight excluding hydrogens is 352 g/mol. The monoisotopic (exact) mass is 378 g/mol. The van der Waals surface area contributed by atoms with Crippen LogP contribution in [-0.4, -0.2) is 24.4 Å². The van der Waals surface area contributed by atoms with E-state index >= 15 is 0 Å². The smallest absolute Gasteiger partial charge is 0.302 e. The number of benzene rings is 1. The Morgan fingerprint density at radius 2 is 1.88 bits per heavy atom. The van der Waals surface area contributed by atoms with Crippen LogP contribution >= 0.6 is 11.6 Å². The SMILES string of the molecule is COc1ccc([C@H]2CC[C@]3(C)[C@@H](OC(C)=O)CC[C@H]3[C@H]2CC(=O)Cl)cc1. The first-order valence-corrected chi connectivity index (χ1v) is 9.72. The predicted molar refractivity (Wildman–Crippen MR) is 100 cm³/mol. The van der Waals surface area contributed by atoms with Gasteiger partial charge in [-0.3, -0.25) is 9.59 Å². The van der Waals surface area contributed by atoms with Crippen LogP contribution in [0.2, 0.25) is 0 Å². The van der Waals surface area contributed by atoms with Gasteiger partial charge in [-0.05, 0) is 72.7 Å². The molecule has 2 aliphatic carbocycles. The molecule has 1 aromatic carbocycles. The van der Waals surface area contributed by atoms with Crippen LogP contribution in [0.3, 0.4) is 0 Å². The summed E-state index contributed by atoms with van der Waals surface area (Å²) in [4.78, 5) is 23.3. The molecule has 0 amide bonds. The molecule has 0 saturated heterocycles. The summed E-state index contributed by atoms with van der Waals surface area (Å²) in [6, 6.07) is 8.13. The summed E-state index contributed by atoms with van der Waals surface area (Å²) < 4.78 is 10.9. The van der Waals surface area contributed by atoms with Crippen molar-refractivity contribution in [2.24, 2.45) is 17.3 Å². The molecule has 5 atom stereocenters. The van der Waals surface area contributed by atoms with Gasteiger partial charge in [-0.1, -0.05) is 19.1 Å². The van der Waals surface area contributed by atoms with E-state index in [4.69, 9.17) is 21.1 Å². The number of esters is 1. The molecule has 2 saturated carbocycles. The third-order valence-corrected chi connectivity index (χ3v) is 6.75. The Bertz CT molecular complexity index is 671. The maximum absolute atomic E-state index is 11.8. The number of hydrogen-bond acceptors (Lipinski definition) is 4. The molecule has 0 aromatic heterocycles. The molecule has 0 radical (unpaired) electrons. The summed E-state index contributed by atoms with van der Waals surface area (Å²) >= 11 is 5.82. The molecule has 4 nitrogen and oxygen atoms in total. The Morgan fingerprint density at radius 1 is 1.19 bits per heavy atom. The zero-order chi connectivity index (χ0) is 18.9. The Morgan fingerprint density at radius 3 is 2.46 bits per heavy atom. The van der Waals surface area contributed by atoms with Crippen LogP contribution < -0.4 is 4.74 Å². The highest BCUT2D eigenvalue weighted by Gasteiger charge is 2.55. The molecule has 0 unspecified atom stereocenters. The van der Waals surface area contributed by atoms with Crippen molar-refractivity contribution < 1.29 is 19.1 Å². The molecule has 0 aliphatic heterocycles. The van der Waals surface area contributed by atoms with Crippen molar-refractivity contribution in [3.63, 3.8) is 0 Å². The Kier molecular flexibility index (Phi) is 5.61. The van der Waals surface area contributed by atoms with Crippen molar-refractivity contribution >= 4 is 22.8 Å². The first-order valence-electron chi connectivity index (χ1n) is 9.34. The lowest BCUT2D eigenvalue weighted by Crippen LogP contribution is -2.44. The molecule has 0 N–H and O–H groups in total. The van der Waals surface area contributed by atoms with Crippen molar-refractivity contribution in [1.29, 1.82) is 0 Å². The molecule has 3 rings (SSSR count). The standard InChI is InChI=1S/C21H27ClO4/c1-13(23)26-19-9-8-18-17(12-20(22)24)16(10-11-21(18,19)2)14-4-6-15(25-3)7-5-14/h4-7,16-19H,8-12H2,1-3H3/t16-,17+,18+,19+,21+/m1/s1. The van der Waals surface area contributed by atoms with Crippen molar-refractivity contribution in [2.75, 3.05) is 7.11 Å². The highest BCUT2D eigenvalue weighted by molar-refractivity contribution is 6.63. The van der Waals surface area contributed by atoms with Gasteiger partial charge in [-0.25, -0.2) is 0 Å². The number of rotatable bonds is 5. The van der Waals surface area contributed by atoms with Crippen molar-refractivity contribution in [1.82, 2.24) is 0 Å². The first-order chi connectivity index (χ1) is 12.3. The van der Waals surface area contributed by atoms with Crippen LogP contribution in [0.25, 0.3) is 0 Å². The average molecular weight is 379 g/mol. The van der Waals surface area contributed by atoms with Crippen LogP contribution in [0.1, 0.15) is 57.4 Å². The van der Waals surface area contributed by atoms with Gasteiger partial charge in [0.15, 0.2) is 0 Å². The lowest BCUT2D eigenvalue weighted by molar-refractivity contribution is -0.155. The van der Waals surface area contributed by atoms with Crippen molar-refractivity contribution in [2.45, 2.75) is 58.0 Å². The molecule has 0 heterocycles. The number of fused-ring (bicyclic) bond motifs is 1. The topological polar surface area (TPSA) is 52.6 Å². The summed E-state index contributed by atoms with van der Waals surface area (Å²) in [6.45, 7) is 3.69. The van der Waals surface area contributed by atoms with E-state index in [0.717, 1.165) is 31.4 Å². The van der Waals surface area contributed by atoms with Crippen LogP contribution in [0.4, 0.5) is 0 Å². The molecule has 2 fully saturated rings. The predicted octanol–water partition coefficient (Wildman–Crippen LogP) is 4.69. The molecule has 0 bridgehead atoms. The van der Waals surface area contributed by atoms with Gasteiger partial charge in [0.25, 0.3) is 0 Å². The third kappa shape index (κ3) is 3.62. The molecule has 26 heavy (non-hydrogen) atoms. The minimum atomic E-state index is -0.284. The van der Waals surface area contributed by atoms with Crippen LogP contribution in [0.15, 0.2) is 24.3 Å². The number of carbonyl (C=O) groups excluding carboxylic acids is 2. The van der Waals surface area contributed by atoms with Gasteiger partial charge in [-0.15, -0.1) is 0 Å². The minimum Gasteiger partial charge on any atom is -0.497 e. The highest BCUT2D eigenvalue weighted by atomic mass is 35.5. The lowest BCUT2D eigenvalue weighted by Gasteiger charge is -2.48. The fourth-order valence-electron chi connectivity index (χ4n) is 5.37. The molecule has 2 aliphatic rings. The van der Waals surface area contributed by atoms with Gasteiger partial charge >= 0.3 is 5.97 Å². The maximum atomic E-state index is 11.8. The van der Waals surface area contributed by atoms with Gasteiger partial charge in [0, 0.05) is 18.8 Å². The van der Waals surface area contributed by atoms with E-state index in [2.05, 4.69) is 19.1 Å². The van der Waals surface area contributed by atoms with Gasteiger partial charge in [0.1, 0.15) is 11.9 Å². The normalized spacial score (nSPS) is 33.4. The van der Waals surface area contributed by atoms with E-state index < -0.39 is 0 Å². The van der Waals surface area contributed by atoms with Gasteiger partial charge < -0.3 is 9.47 Å². The molecular formula is C21H27ClO4. The number of hydrogen-bond donors (Lipinski definition) is 0. The molecule has 5 heteroatoms. The van der Waals surface area contributed by atoms with Crippen LogP contribution in [0, 0.1) is 17.3 Å². The van der Waals surface area contributed by atoms with Gasteiger partial charge in [0.2, 0.25) is 5.24 Å². The van der Waals surface area contributed by atoms with Crippen molar-refractivity contribution in [3.8, 4) is 5.75 Å². The second-order valence-electron chi connectivity index (χ2n) is 7.93. The molecule has 0 spiro atoms. The summed E-state index contributed by atoms with van der Waals surface area (Å²) in [7, 11) is 1.66. The second kappa shape index (κ2) is 7.59. The van der Waals surface area contributed by atoms with Gasteiger partial charge in [-0.2, -0.15) is 0 Å². The molecule has 142 valence electrons. The maximum Gasteiger partial charge on any atom is 0.302 e. The summed E-state index contributed by atoms with van der Waals surface area (Å²) in [6.07, 6.45) is 4.09. The van der Waals surface area contributed by atoms with Crippen LogP contribution in [0.5, 0.6) is 5.75 Å². The number of carbonyl (C=O) groups is 2. The molecule has 1 aromatic rings. The van der Waals surface area contributed by atoms with E-state index in [-0.39, 0.29) is 34.6 Å². The Labute approximate surface area is 160 Å². The third-order valence-electron chi connectivity index (χ3n) is 6.60. The Balaban J connectivity index is 1.89. The summed E-state index contributed by atoms with van der Waals surface area (Å²) in [5.74, 6) is 1.40. The summed E-state index contributed by atoms with van der Waals surface area (Å²) in [5.41, 5.74) is 1.15. The fourth-order valence-corrected chi connectivity index (χ4v) is 5.55. The zero-order valence-electron chi connectivity index (χ0n) is 15.7. The number of halogens is 1. The highest BCUT2D eigenvalue weighted by Crippen LogP contribution is 2.60. The summed E-state index contributed by atoms with van der Waals surface area (Å²) in [5, 5.41) is -0.284. The van der Waals surface area contributed by atoms with E-state index in [9.17, 15) is 9.59 Å². The van der Waals surface area contributed by atoms with E-state index in [1.807, 2.05) is 12.1 Å². The zero-order valence-corrected chi connectivity index (χ0v) is 16.4. The van der Waals surface area contributed by atoms with E-state index in [1.54, 1.807) is 7.11 Å². The lowest BCUT2D eigenvalue weighted by atomic mass is 9.58. The van der Waals surface area contributed by atoms with E-state index in [0.29, 0.717) is 12.3 Å². The van der Waals surface area contributed by atoms with E-state index in [1.165, 1.54) is 12.5 Å². The second-order valence-corrected chi connectivity index (χ2v) is 8.35.